The summed E-state index contributed by atoms with van der Waals surface area (Å²) in [6.45, 7) is 0. The summed E-state index contributed by atoms with van der Waals surface area (Å²) in [6, 6.07) is 12.1. The number of aromatic amines is 1. The van der Waals surface area contributed by atoms with Gasteiger partial charge in [-0.25, -0.2) is 4.98 Å². The normalized spacial score (nSPS) is 20.4. The van der Waals surface area contributed by atoms with Gasteiger partial charge < -0.3 is 5.73 Å². The largest absolute Gasteiger partial charge is 0.382 e. The Hall–Kier alpha value is -4.24. The van der Waals surface area contributed by atoms with Crippen LogP contribution in [0.15, 0.2) is 42.9 Å². The molecule has 0 aromatic carbocycles. The molecule has 1 saturated carbocycles. The fraction of sp³-hybridized carbons (Fsp3) is 0.238. The molecule has 4 heterocycles. The predicted octanol–water partition coefficient (Wildman–Crippen LogP) is 3.01. The van der Waals surface area contributed by atoms with Crippen LogP contribution in [-0.4, -0.2) is 29.9 Å². The zero-order valence-electron chi connectivity index (χ0n) is 15.9. The van der Waals surface area contributed by atoms with E-state index in [0.29, 0.717) is 47.7 Å². The van der Waals surface area contributed by atoms with Gasteiger partial charge in [-0.05, 0) is 37.1 Å². The van der Waals surface area contributed by atoms with Crippen molar-refractivity contribution in [2.75, 3.05) is 5.73 Å². The smallest absolute Gasteiger partial charge is 0.154 e. The number of nitriles is 2. The fourth-order valence-electron chi connectivity index (χ4n) is 4.14. The van der Waals surface area contributed by atoms with Gasteiger partial charge in [-0.15, -0.1) is 0 Å². The highest BCUT2D eigenvalue weighted by Gasteiger charge is 2.46. The molecule has 0 bridgehead atoms. The zero-order chi connectivity index (χ0) is 20.7. The van der Waals surface area contributed by atoms with Gasteiger partial charge in [0, 0.05) is 24.0 Å². The Labute approximate surface area is 171 Å². The number of hydrogen-bond acceptors (Lipinski definition) is 7. The Morgan fingerprint density at radius 2 is 2.13 bits per heavy atom. The van der Waals surface area contributed by atoms with Crippen molar-refractivity contribution in [1.82, 2.24) is 29.9 Å². The van der Waals surface area contributed by atoms with E-state index in [1.54, 1.807) is 12.4 Å². The van der Waals surface area contributed by atoms with Crippen molar-refractivity contribution in [3.63, 3.8) is 0 Å². The first-order valence-corrected chi connectivity index (χ1v) is 9.52. The van der Waals surface area contributed by atoms with Crippen LogP contribution in [0.3, 0.4) is 0 Å². The highest BCUT2D eigenvalue weighted by atomic mass is 15.3. The van der Waals surface area contributed by atoms with Crippen LogP contribution >= 0.6 is 0 Å². The molecular weight excluding hydrogens is 378 g/mol. The van der Waals surface area contributed by atoms with Gasteiger partial charge in [0.1, 0.15) is 11.4 Å². The molecule has 0 radical (unpaired) electrons. The van der Waals surface area contributed by atoms with Crippen molar-refractivity contribution in [3.8, 4) is 34.8 Å². The average Bonchev–Trinajstić information content (AvgIpc) is 3.39. The first-order chi connectivity index (χ1) is 14.6. The van der Waals surface area contributed by atoms with E-state index in [1.807, 2.05) is 35.1 Å². The highest BCUT2D eigenvalue weighted by Crippen LogP contribution is 2.46. The summed E-state index contributed by atoms with van der Waals surface area (Å²) in [5.41, 5.74) is 9.01. The van der Waals surface area contributed by atoms with Crippen molar-refractivity contribution in [3.05, 3.63) is 42.9 Å². The Morgan fingerprint density at radius 1 is 1.27 bits per heavy atom. The number of rotatable bonds is 4. The van der Waals surface area contributed by atoms with E-state index in [-0.39, 0.29) is 5.92 Å². The molecule has 3 N–H and O–H groups in total. The highest BCUT2D eigenvalue weighted by molar-refractivity contribution is 5.94. The number of aromatic nitrogens is 6. The van der Waals surface area contributed by atoms with Gasteiger partial charge >= 0.3 is 0 Å². The van der Waals surface area contributed by atoms with E-state index in [0.717, 1.165) is 10.9 Å². The summed E-state index contributed by atoms with van der Waals surface area (Å²) in [7, 11) is 0. The van der Waals surface area contributed by atoms with Gasteiger partial charge in [0.2, 0.25) is 0 Å². The Balaban J connectivity index is 1.63. The number of nitrogens with zero attached hydrogens (tertiary/aromatic N) is 7. The minimum absolute atomic E-state index is 0.0402. The number of H-pyrrole nitrogens is 1. The summed E-state index contributed by atoms with van der Waals surface area (Å²) >= 11 is 0. The molecule has 146 valence electrons. The molecule has 9 heteroatoms. The average molecular weight is 395 g/mol. The quantitative estimate of drug-likeness (QED) is 0.540. The third-order valence-electron chi connectivity index (χ3n) is 5.71. The van der Waals surface area contributed by atoms with Gasteiger partial charge in [-0.1, -0.05) is 0 Å². The van der Waals surface area contributed by atoms with Crippen LogP contribution in [0.4, 0.5) is 5.82 Å². The zero-order valence-corrected chi connectivity index (χ0v) is 15.9. The number of pyridine rings is 2. The molecule has 5 rings (SSSR count). The maximum Gasteiger partial charge on any atom is 0.154 e. The van der Waals surface area contributed by atoms with Crippen LogP contribution in [0.5, 0.6) is 0 Å². The molecule has 0 unspecified atom stereocenters. The third-order valence-corrected chi connectivity index (χ3v) is 5.71. The van der Waals surface area contributed by atoms with Crippen molar-refractivity contribution < 1.29 is 0 Å². The molecule has 9 nitrogen and oxygen atoms in total. The number of fused-ring (bicyclic) bond motifs is 1. The summed E-state index contributed by atoms with van der Waals surface area (Å²) in [4.78, 5) is 9.29. The molecular formula is C21H17N9. The lowest BCUT2D eigenvalue weighted by Gasteiger charge is -2.43. The molecule has 1 fully saturated rings. The van der Waals surface area contributed by atoms with E-state index >= 15 is 0 Å². The molecule has 4 aromatic rings. The van der Waals surface area contributed by atoms with Crippen LogP contribution in [-0.2, 0) is 5.54 Å². The predicted molar refractivity (Wildman–Crippen MR) is 109 cm³/mol. The van der Waals surface area contributed by atoms with Gasteiger partial charge in [-0.2, -0.15) is 20.7 Å². The van der Waals surface area contributed by atoms with Crippen LogP contribution in [0.1, 0.15) is 19.3 Å². The lowest BCUT2D eigenvalue weighted by Crippen LogP contribution is -2.46. The number of nitrogens with two attached hydrogens (primary N) is 1. The maximum absolute atomic E-state index is 9.31. The molecule has 0 aliphatic heterocycles. The minimum Gasteiger partial charge on any atom is -0.382 e. The molecule has 1 aliphatic carbocycles. The second-order valence-corrected chi connectivity index (χ2v) is 7.55. The lowest BCUT2D eigenvalue weighted by molar-refractivity contribution is 0.0884. The number of anilines is 1. The van der Waals surface area contributed by atoms with Crippen LogP contribution < -0.4 is 5.73 Å². The van der Waals surface area contributed by atoms with E-state index in [1.165, 1.54) is 0 Å². The second kappa shape index (κ2) is 6.68. The molecule has 30 heavy (non-hydrogen) atoms. The van der Waals surface area contributed by atoms with E-state index < -0.39 is 5.54 Å². The number of nitrogen functional groups attached to an aromatic ring is 1. The van der Waals surface area contributed by atoms with Crippen molar-refractivity contribution >= 4 is 16.7 Å². The van der Waals surface area contributed by atoms with Gasteiger partial charge in [0.25, 0.3) is 0 Å². The Bertz CT molecular complexity index is 1330. The Morgan fingerprint density at radius 3 is 2.87 bits per heavy atom. The molecule has 1 aliphatic rings. The van der Waals surface area contributed by atoms with Crippen LogP contribution in [0, 0.1) is 28.6 Å². The molecule has 0 saturated heterocycles. The molecule has 0 atom stereocenters. The summed E-state index contributed by atoms with van der Waals surface area (Å²) in [5, 5.41) is 30.9. The maximum atomic E-state index is 9.31. The monoisotopic (exact) mass is 395 g/mol. The van der Waals surface area contributed by atoms with Crippen LogP contribution in [0.25, 0.3) is 33.5 Å². The van der Waals surface area contributed by atoms with Crippen molar-refractivity contribution in [2.45, 2.75) is 24.8 Å². The molecule has 0 spiro atoms. The fourth-order valence-corrected chi connectivity index (χ4v) is 4.14. The standard InChI is InChI=1S/C21H17N9/c22-5-4-21(9-13(10-21)11-23)30-7-3-16(29-30)19-14-2-1-6-25-17(14)8-18(27-19)15-12-26-28-20(15)24/h1-3,6-8,12-13H,4,9-10H2,(H3,24,26,28)/t13-,21-. The summed E-state index contributed by atoms with van der Waals surface area (Å²) in [6.07, 6.45) is 6.86. The van der Waals surface area contributed by atoms with E-state index in [9.17, 15) is 10.5 Å². The topological polar surface area (TPSA) is 146 Å². The first kappa shape index (κ1) is 17.8. The van der Waals surface area contributed by atoms with Gasteiger partial charge in [0.15, 0.2) is 5.82 Å². The second-order valence-electron chi connectivity index (χ2n) is 7.55. The summed E-state index contributed by atoms with van der Waals surface area (Å²) in [5.74, 6) is 0.320. The lowest BCUT2D eigenvalue weighted by atomic mass is 9.67. The third kappa shape index (κ3) is 2.68. The van der Waals surface area contributed by atoms with Crippen molar-refractivity contribution in [2.24, 2.45) is 5.92 Å². The molecule has 4 aromatic heterocycles. The minimum atomic E-state index is -0.436. The van der Waals surface area contributed by atoms with Gasteiger partial charge in [-0.3, -0.25) is 14.8 Å². The summed E-state index contributed by atoms with van der Waals surface area (Å²) < 4.78 is 1.82. The van der Waals surface area contributed by atoms with Gasteiger partial charge in [0.05, 0.1) is 46.8 Å². The number of nitrogens with one attached hydrogen (secondary N) is 1. The molecule has 0 amide bonds. The van der Waals surface area contributed by atoms with Crippen LogP contribution in [0.2, 0.25) is 0 Å². The van der Waals surface area contributed by atoms with E-state index in [4.69, 9.17) is 15.8 Å². The van der Waals surface area contributed by atoms with Crippen molar-refractivity contribution in [1.29, 1.82) is 10.5 Å². The first-order valence-electron chi connectivity index (χ1n) is 9.52. The Kier molecular flexibility index (Phi) is 3.97. The van der Waals surface area contributed by atoms with E-state index in [2.05, 4.69) is 27.3 Å². The number of hydrogen-bond donors (Lipinski definition) is 2. The SMILES string of the molecule is N#CC[C@]1(n2ccc(-c3nc(-c4c[nH]nc4N)cc4ncccc34)n2)C[C@H](C#N)C1.